The first-order valence-corrected chi connectivity index (χ1v) is 11.9. The number of carbonyl (C=O) groups is 2. The average molecular weight is 374 g/mol. The van der Waals surface area contributed by atoms with Gasteiger partial charge in [-0.15, -0.1) is 0 Å². The summed E-state index contributed by atoms with van der Waals surface area (Å²) in [6.45, 7) is 16.9. The number of nitrogens with zero attached hydrogens (tertiary/aromatic N) is 1. The molecule has 1 aliphatic heterocycles. The zero-order chi connectivity index (χ0) is 19.6. The molecule has 1 amide bonds. The van der Waals surface area contributed by atoms with Crippen LogP contribution in [0.2, 0.25) is 18.1 Å². The molecule has 2 unspecified atom stereocenters. The maximum absolute atomic E-state index is 12.5. The van der Waals surface area contributed by atoms with Crippen LogP contribution in [-0.2, 0) is 14.0 Å². The van der Waals surface area contributed by atoms with Gasteiger partial charge in [0.2, 0.25) is 0 Å². The summed E-state index contributed by atoms with van der Waals surface area (Å²) in [6.07, 6.45) is 0.679. The van der Waals surface area contributed by atoms with E-state index in [1.54, 1.807) is 4.90 Å². The molecule has 0 aromatic heterocycles. The van der Waals surface area contributed by atoms with Crippen molar-refractivity contribution in [3.05, 3.63) is 0 Å². The van der Waals surface area contributed by atoms with Gasteiger partial charge in [0.25, 0.3) is 0 Å². The number of rotatable bonds is 5. The molecule has 1 fully saturated rings. The molecule has 1 heterocycles. The number of aliphatic carboxylic acids is 1. The molecule has 6 nitrogen and oxygen atoms in total. The molecule has 0 aromatic rings. The molecular formula is C18H35NO5Si. The summed E-state index contributed by atoms with van der Waals surface area (Å²) in [7, 11) is -1.95. The van der Waals surface area contributed by atoms with Gasteiger partial charge in [0, 0.05) is 19.0 Å². The lowest BCUT2D eigenvalue weighted by molar-refractivity contribution is -0.137. The van der Waals surface area contributed by atoms with Crippen molar-refractivity contribution in [3.8, 4) is 0 Å². The van der Waals surface area contributed by atoms with Gasteiger partial charge in [0.15, 0.2) is 8.32 Å². The summed E-state index contributed by atoms with van der Waals surface area (Å²) in [6, 6.07) is -0.152. The third kappa shape index (κ3) is 6.62. The first-order valence-electron chi connectivity index (χ1n) is 9.01. The zero-order valence-corrected chi connectivity index (χ0v) is 18.0. The van der Waals surface area contributed by atoms with E-state index in [1.807, 2.05) is 20.8 Å². The van der Waals surface area contributed by atoms with Crippen LogP contribution >= 0.6 is 0 Å². The van der Waals surface area contributed by atoms with E-state index in [-0.39, 0.29) is 29.7 Å². The van der Waals surface area contributed by atoms with Gasteiger partial charge < -0.3 is 19.2 Å². The number of carboxylic acids is 1. The van der Waals surface area contributed by atoms with Crippen molar-refractivity contribution < 1.29 is 23.9 Å². The highest BCUT2D eigenvalue weighted by molar-refractivity contribution is 6.74. The second-order valence-corrected chi connectivity index (χ2v) is 14.2. The summed E-state index contributed by atoms with van der Waals surface area (Å²) in [5.41, 5.74) is -0.577. The van der Waals surface area contributed by atoms with Gasteiger partial charge in [-0.1, -0.05) is 20.8 Å². The molecule has 0 spiro atoms. The Hall–Kier alpha value is -1.08. The van der Waals surface area contributed by atoms with Crippen LogP contribution in [0.3, 0.4) is 0 Å². The number of hydrogen-bond acceptors (Lipinski definition) is 4. The van der Waals surface area contributed by atoms with Crippen LogP contribution in [0.15, 0.2) is 0 Å². The lowest BCUT2D eigenvalue weighted by atomic mass is 10.1. The van der Waals surface area contributed by atoms with E-state index in [0.717, 1.165) is 0 Å². The maximum Gasteiger partial charge on any atom is 0.410 e. The number of likely N-dealkylation sites (tertiary alicyclic amines) is 1. The van der Waals surface area contributed by atoms with Crippen LogP contribution < -0.4 is 0 Å². The predicted molar refractivity (Wildman–Crippen MR) is 100 cm³/mol. The van der Waals surface area contributed by atoms with E-state index >= 15 is 0 Å². The molecular weight excluding hydrogens is 338 g/mol. The maximum atomic E-state index is 12.5. The van der Waals surface area contributed by atoms with Crippen molar-refractivity contribution in [1.82, 2.24) is 4.90 Å². The van der Waals surface area contributed by atoms with Crippen molar-refractivity contribution in [3.63, 3.8) is 0 Å². The fourth-order valence-corrected chi connectivity index (χ4v) is 4.02. The van der Waals surface area contributed by atoms with Gasteiger partial charge in [0.1, 0.15) is 5.60 Å². The molecule has 0 radical (unpaired) electrons. The first kappa shape index (κ1) is 22.0. The Labute approximate surface area is 153 Å². The largest absolute Gasteiger partial charge is 0.481 e. The zero-order valence-electron chi connectivity index (χ0n) is 17.0. The molecule has 7 heteroatoms. The van der Waals surface area contributed by atoms with Gasteiger partial charge in [-0.05, 0) is 51.7 Å². The van der Waals surface area contributed by atoms with Gasteiger partial charge in [-0.3, -0.25) is 4.79 Å². The van der Waals surface area contributed by atoms with Gasteiger partial charge in [0.05, 0.1) is 6.10 Å². The number of carboxylic acid groups (broad SMARTS) is 1. The van der Waals surface area contributed by atoms with Crippen LogP contribution in [0.25, 0.3) is 0 Å². The quantitative estimate of drug-likeness (QED) is 0.729. The van der Waals surface area contributed by atoms with Crippen LogP contribution in [-0.4, -0.2) is 54.7 Å². The first-order chi connectivity index (χ1) is 11.1. The number of amides is 1. The summed E-state index contributed by atoms with van der Waals surface area (Å²) < 4.78 is 12.0. The van der Waals surface area contributed by atoms with E-state index in [4.69, 9.17) is 14.3 Å². The highest BCUT2D eigenvalue weighted by atomic mass is 28.4. The average Bonchev–Trinajstić information content (AvgIpc) is 2.75. The van der Waals surface area contributed by atoms with E-state index in [0.29, 0.717) is 19.4 Å². The van der Waals surface area contributed by atoms with Crippen molar-refractivity contribution in [2.45, 2.75) is 96.7 Å². The molecule has 0 aromatic carbocycles. The minimum absolute atomic E-state index is 0.0385. The minimum atomic E-state index is -1.95. The van der Waals surface area contributed by atoms with Crippen LogP contribution in [0.4, 0.5) is 4.79 Å². The van der Waals surface area contributed by atoms with Crippen molar-refractivity contribution in [1.29, 1.82) is 0 Å². The fraction of sp³-hybridized carbons (Fsp3) is 0.889. The Morgan fingerprint density at radius 3 is 2.16 bits per heavy atom. The molecule has 0 saturated carbocycles. The second kappa shape index (κ2) is 7.66. The molecule has 2 atom stereocenters. The lowest BCUT2D eigenvalue weighted by Gasteiger charge is -2.38. The molecule has 25 heavy (non-hydrogen) atoms. The topological polar surface area (TPSA) is 76.1 Å². The number of ether oxygens (including phenoxy) is 1. The summed E-state index contributed by atoms with van der Waals surface area (Å²) >= 11 is 0. The predicted octanol–water partition coefficient (Wildman–Crippen LogP) is 4.25. The van der Waals surface area contributed by atoms with Crippen LogP contribution in [0, 0.1) is 0 Å². The standard InChI is InChI=1S/C18H35NO5Si/c1-17(2,3)23-16(22)19-12-14(11-13(19)9-10-15(20)21)24-25(7,8)18(4,5)6/h13-14H,9-12H2,1-8H3,(H,20,21). The Kier molecular flexibility index (Phi) is 6.73. The number of hydrogen-bond donors (Lipinski definition) is 1. The van der Waals surface area contributed by atoms with E-state index in [9.17, 15) is 9.59 Å². The molecule has 1 saturated heterocycles. The molecule has 1 N–H and O–H groups in total. The minimum Gasteiger partial charge on any atom is -0.481 e. The van der Waals surface area contributed by atoms with Gasteiger partial charge in [-0.2, -0.15) is 0 Å². The number of carbonyl (C=O) groups excluding carboxylic acids is 1. The Balaban J connectivity index is 2.86. The van der Waals surface area contributed by atoms with Crippen molar-refractivity contribution in [2.75, 3.05) is 6.54 Å². The lowest BCUT2D eigenvalue weighted by Crippen LogP contribution is -2.45. The van der Waals surface area contributed by atoms with E-state index in [1.165, 1.54) is 0 Å². The van der Waals surface area contributed by atoms with Crippen molar-refractivity contribution in [2.24, 2.45) is 0 Å². The van der Waals surface area contributed by atoms with Gasteiger partial charge >= 0.3 is 12.1 Å². The third-order valence-corrected chi connectivity index (χ3v) is 9.50. The fourth-order valence-electron chi connectivity index (χ4n) is 2.66. The van der Waals surface area contributed by atoms with Crippen LogP contribution in [0.5, 0.6) is 0 Å². The van der Waals surface area contributed by atoms with E-state index in [2.05, 4.69) is 33.9 Å². The Morgan fingerprint density at radius 1 is 1.16 bits per heavy atom. The second-order valence-electron chi connectivity index (χ2n) is 9.45. The molecule has 146 valence electrons. The monoisotopic (exact) mass is 373 g/mol. The van der Waals surface area contributed by atoms with Crippen molar-refractivity contribution >= 4 is 20.4 Å². The summed E-state index contributed by atoms with van der Waals surface area (Å²) in [5, 5.41) is 9.07. The highest BCUT2D eigenvalue weighted by Gasteiger charge is 2.44. The SMILES string of the molecule is CC(C)(C)OC(=O)N1CC(O[Si](C)(C)C(C)(C)C)CC1CCC(=O)O. The molecule has 1 rings (SSSR count). The molecule has 1 aliphatic rings. The Morgan fingerprint density at radius 2 is 1.72 bits per heavy atom. The Bertz CT molecular complexity index is 493. The molecule has 0 bridgehead atoms. The highest BCUT2D eigenvalue weighted by Crippen LogP contribution is 2.39. The van der Waals surface area contributed by atoms with E-state index < -0.39 is 19.9 Å². The van der Waals surface area contributed by atoms with Crippen LogP contribution in [0.1, 0.15) is 60.8 Å². The smallest absolute Gasteiger partial charge is 0.410 e. The third-order valence-electron chi connectivity index (χ3n) is 4.96. The molecule has 0 aliphatic carbocycles. The summed E-state index contributed by atoms with van der Waals surface area (Å²) in [5.74, 6) is -0.849. The van der Waals surface area contributed by atoms with Gasteiger partial charge in [-0.25, -0.2) is 4.79 Å². The summed E-state index contributed by atoms with van der Waals surface area (Å²) in [4.78, 5) is 25.1. The normalized spacial score (nSPS) is 22.2.